The summed E-state index contributed by atoms with van der Waals surface area (Å²) in [5, 5.41) is 35.4. The highest BCUT2D eigenvalue weighted by atomic mass is 16.4. The predicted octanol–water partition coefficient (Wildman–Crippen LogP) is -1.90. The maximum atomic E-state index is 13.0. The Bertz CT molecular complexity index is 937. The van der Waals surface area contributed by atoms with Gasteiger partial charge in [-0.2, -0.15) is 0 Å². The first-order valence-corrected chi connectivity index (χ1v) is 11.4. The van der Waals surface area contributed by atoms with Crippen molar-refractivity contribution in [2.24, 2.45) is 17.4 Å². The topological polar surface area (TPSA) is 234 Å². The second kappa shape index (κ2) is 14.0. The Morgan fingerprint density at radius 2 is 1.44 bits per heavy atom. The first-order valence-electron chi connectivity index (χ1n) is 11.4. The smallest absolute Gasteiger partial charge is 0.328 e. The Morgan fingerprint density at radius 1 is 0.917 bits per heavy atom. The van der Waals surface area contributed by atoms with E-state index in [1.807, 2.05) is 6.92 Å². The highest BCUT2D eigenvalue weighted by molar-refractivity contribution is 5.96. The largest absolute Gasteiger partial charge is 0.508 e. The van der Waals surface area contributed by atoms with E-state index in [4.69, 9.17) is 11.5 Å². The van der Waals surface area contributed by atoms with Crippen LogP contribution >= 0.6 is 0 Å². The van der Waals surface area contributed by atoms with Crippen LogP contribution in [-0.4, -0.2) is 75.2 Å². The summed E-state index contributed by atoms with van der Waals surface area (Å²) in [5.74, 6) is -5.20. The van der Waals surface area contributed by atoms with E-state index in [9.17, 15) is 39.3 Å². The number of carbonyl (C=O) groups is 5. The molecule has 1 aromatic carbocycles. The quantitative estimate of drug-likeness (QED) is 0.140. The number of rotatable bonds is 14. The van der Waals surface area contributed by atoms with E-state index in [-0.39, 0.29) is 18.1 Å². The molecule has 0 aliphatic heterocycles. The molecule has 0 aliphatic carbocycles. The molecule has 10 N–H and O–H groups in total. The molecule has 0 aromatic heterocycles. The van der Waals surface area contributed by atoms with Crippen LogP contribution in [0.25, 0.3) is 0 Å². The van der Waals surface area contributed by atoms with E-state index in [2.05, 4.69) is 16.0 Å². The molecule has 13 heteroatoms. The third-order valence-electron chi connectivity index (χ3n) is 5.65. The van der Waals surface area contributed by atoms with E-state index < -0.39 is 66.3 Å². The summed E-state index contributed by atoms with van der Waals surface area (Å²) >= 11 is 0. The average Bonchev–Trinajstić information content (AvgIpc) is 2.80. The Kier molecular flexibility index (Phi) is 11.8. The Labute approximate surface area is 208 Å². The number of hydrogen-bond donors (Lipinski definition) is 8. The van der Waals surface area contributed by atoms with Crippen molar-refractivity contribution >= 4 is 29.6 Å². The van der Waals surface area contributed by atoms with Crippen LogP contribution in [-0.2, 0) is 30.4 Å². The van der Waals surface area contributed by atoms with Crippen LogP contribution in [0.15, 0.2) is 24.3 Å². The Balaban J connectivity index is 3.18. The monoisotopic (exact) mass is 509 g/mol. The van der Waals surface area contributed by atoms with Gasteiger partial charge in [-0.1, -0.05) is 32.4 Å². The molecular weight excluding hydrogens is 474 g/mol. The summed E-state index contributed by atoms with van der Waals surface area (Å²) in [4.78, 5) is 61.4. The van der Waals surface area contributed by atoms with E-state index >= 15 is 0 Å². The zero-order valence-corrected chi connectivity index (χ0v) is 20.4. The fourth-order valence-electron chi connectivity index (χ4n) is 3.18. The minimum Gasteiger partial charge on any atom is -0.508 e. The molecule has 200 valence electrons. The van der Waals surface area contributed by atoms with E-state index in [1.165, 1.54) is 31.2 Å². The number of hydrogen-bond acceptors (Lipinski definition) is 8. The minimum absolute atomic E-state index is 0.0364. The standard InChI is InChI=1S/C23H35N5O8/c1-4-11(2)18(25)22(34)27-16(10-17(24)31)20(32)26-15(9-13-5-7-14(30)8-6-13)21(33)28-19(12(3)29)23(35)36/h5-8,11-12,15-16,18-19,29-30H,4,9-10,25H2,1-3H3,(H2,24,31)(H,26,32)(H,27,34)(H,28,33)(H,35,36). The van der Waals surface area contributed by atoms with Gasteiger partial charge in [0.15, 0.2) is 6.04 Å². The minimum atomic E-state index is -1.66. The molecular formula is C23H35N5O8. The second-order valence-electron chi connectivity index (χ2n) is 8.64. The van der Waals surface area contributed by atoms with Crippen molar-refractivity contribution in [3.05, 3.63) is 29.8 Å². The van der Waals surface area contributed by atoms with Crippen molar-refractivity contribution < 1.29 is 39.3 Å². The van der Waals surface area contributed by atoms with Crippen molar-refractivity contribution in [2.45, 2.75) is 70.3 Å². The maximum absolute atomic E-state index is 13.0. The van der Waals surface area contributed by atoms with Crippen molar-refractivity contribution in [2.75, 3.05) is 0 Å². The lowest BCUT2D eigenvalue weighted by molar-refractivity contribution is -0.145. The summed E-state index contributed by atoms with van der Waals surface area (Å²) in [5.41, 5.74) is 11.6. The lowest BCUT2D eigenvalue weighted by Gasteiger charge is -2.26. The van der Waals surface area contributed by atoms with Crippen molar-refractivity contribution in [3.8, 4) is 5.75 Å². The van der Waals surface area contributed by atoms with Gasteiger partial charge in [0.1, 0.15) is 17.8 Å². The number of nitrogens with one attached hydrogen (secondary N) is 3. The first kappa shape index (κ1) is 30.3. The lowest BCUT2D eigenvalue weighted by atomic mass is 9.98. The average molecular weight is 510 g/mol. The number of aliphatic hydroxyl groups excluding tert-OH is 1. The van der Waals surface area contributed by atoms with Crippen LogP contribution in [0.4, 0.5) is 0 Å². The molecule has 1 rings (SSSR count). The number of aliphatic hydroxyl groups is 1. The summed E-state index contributed by atoms with van der Waals surface area (Å²) in [6.45, 7) is 4.74. The number of carbonyl (C=O) groups excluding carboxylic acids is 4. The number of carboxylic acids is 1. The van der Waals surface area contributed by atoms with Crippen LogP contribution in [0.5, 0.6) is 5.75 Å². The third kappa shape index (κ3) is 9.50. The zero-order valence-electron chi connectivity index (χ0n) is 20.4. The molecule has 0 heterocycles. The second-order valence-corrected chi connectivity index (χ2v) is 8.64. The summed E-state index contributed by atoms with van der Waals surface area (Å²) < 4.78 is 0. The predicted molar refractivity (Wildman–Crippen MR) is 128 cm³/mol. The highest BCUT2D eigenvalue weighted by Crippen LogP contribution is 2.12. The van der Waals surface area contributed by atoms with Crippen LogP contribution in [0.2, 0.25) is 0 Å². The van der Waals surface area contributed by atoms with Crippen LogP contribution in [0, 0.1) is 5.92 Å². The van der Waals surface area contributed by atoms with Gasteiger partial charge in [0.25, 0.3) is 0 Å². The van der Waals surface area contributed by atoms with Gasteiger partial charge in [-0.3, -0.25) is 19.2 Å². The van der Waals surface area contributed by atoms with Gasteiger partial charge in [0.05, 0.1) is 18.6 Å². The number of benzene rings is 1. The lowest BCUT2D eigenvalue weighted by Crippen LogP contribution is -2.59. The van der Waals surface area contributed by atoms with Crippen molar-refractivity contribution in [1.29, 1.82) is 0 Å². The Hall–Kier alpha value is -3.71. The van der Waals surface area contributed by atoms with Gasteiger partial charge >= 0.3 is 5.97 Å². The number of aromatic hydroxyl groups is 1. The zero-order chi connectivity index (χ0) is 27.6. The van der Waals surface area contributed by atoms with Gasteiger partial charge in [-0.05, 0) is 30.5 Å². The highest BCUT2D eigenvalue weighted by Gasteiger charge is 2.33. The molecule has 0 aliphatic rings. The molecule has 36 heavy (non-hydrogen) atoms. The van der Waals surface area contributed by atoms with Gasteiger partial charge < -0.3 is 42.7 Å². The molecule has 0 saturated carbocycles. The normalized spacial score (nSPS) is 15.9. The molecule has 0 saturated heterocycles. The number of amides is 4. The van der Waals surface area contributed by atoms with Crippen LogP contribution < -0.4 is 27.4 Å². The fourth-order valence-corrected chi connectivity index (χ4v) is 3.18. The maximum Gasteiger partial charge on any atom is 0.328 e. The van der Waals surface area contributed by atoms with E-state index in [1.54, 1.807) is 6.92 Å². The van der Waals surface area contributed by atoms with Gasteiger partial charge in [0, 0.05) is 6.42 Å². The molecule has 4 amide bonds. The number of aliphatic carboxylic acids is 1. The summed E-state index contributed by atoms with van der Waals surface area (Å²) in [6, 6.07) is 0.231. The number of nitrogens with two attached hydrogens (primary N) is 2. The first-order chi connectivity index (χ1) is 16.8. The fraction of sp³-hybridized carbons (Fsp3) is 0.522. The number of primary amides is 1. The molecule has 0 spiro atoms. The molecule has 13 nitrogen and oxygen atoms in total. The van der Waals surface area contributed by atoms with Crippen LogP contribution in [0.3, 0.4) is 0 Å². The Morgan fingerprint density at radius 3 is 1.92 bits per heavy atom. The third-order valence-corrected chi connectivity index (χ3v) is 5.65. The molecule has 6 atom stereocenters. The number of carboxylic acid groups (broad SMARTS) is 1. The van der Waals surface area contributed by atoms with E-state index in [0.29, 0.717) is 12.0 Å². The molecule has 0 radical (unpaired) electrons. The molecule has 6 unspecified atom stereocenters. The number of phenols is 1. The summed E-state index contributed by atoms with van der Waals surface area (Å²) in [6.07, 6.45) is -1.58. The van der Waals surface area contributed by atoms with Crippen molar-refractivity contribution in [1.82, 2.24) is 16.0 Å². The summed E-state index contributed by atoms with van der Waals surface area (Å²) in [7, 11) is 0. The molecule has 0 bridgehead atoms. The molecule has 0 fully saturated rings. The SMILES string of the molecule is CCC(C)C(N)C(=O)NC(CC(N)=O)C(=O)NC(Cc1ccc(O)cc1)C(=O)NC(C(=O)O)C(C)O. The number of phenolic OH excluding ortho intramolecular Hbond substituents is 1. The van der Waals surface area contributed by atoms with Crippen molar-refractivity contribution in [3.63, 3.8) is 0 Å². The van der Waals surface area contributed by atoms with Crippen LogP contribution in [0.1, 0.15) is 39.2 Å². The van der Waals surface area contributed by atoms with Gasteiger partial charge in [0.2, 0.25) is 23.6 Å². The van der Waals surface area contributed by atoms with Gasteiger partial charge in [-0.15, -0.1) is 0 Å². The van der Waals surface area contributed by atoms with Gasteiger partial charge in [-0.25, -0.2) is 4.79 Å². The van der Waals surface area contributed by atoms with E-state index in [0.717, 1.165) is 0 Å². The molecule has 1 aromatic rings.